The Morgan fingerprint density at radius 1 is 1.33 bits per heavy atom. The fourth-order valence-corrected chi connectivity index (χ4v) is 2.27. The van der Waals surface area contributed by atoms with Gasteiger partial charge < -0.3 is 10.6 Å². The lowest BCUT2D eigenvalue weighted by atomic mass is 10.0. The first-order valence-corrected chi connectivity index (χ1v) is 6.68. The number of hydrogen-bond acceptors (Lipinski definition) is 2. The smallest absolute Gasteiger partial charge is 0.338 e. The summed E-state index contributed by atoms with van der Waals surface area (Å²) >= 11 is 0. The minimum atomic E-state index is -4.35. The Labute approximate surface area is 121 Å². The van der Waals surface area contributed by atoms with Gasteiger partial charge >= 0.3 is 6.18 Å². The van der Waals surface area contributed by atoms with Crippen molar-refractivity contribution in [1.29, 1.82) is 0 Å². The molecule has 1 aliphatic rings. The Morgan fingerprint density at radius 2 is 1.95 bits per heavy atom. The van der Waals surface area contributed by atoms with Gasteiger partial charge in [0.1, 0.15) is 0 Å². The van der Waals surface area contributed by atoms with Gasteiger partial charge in [-0.1, -0.05) is 12.1 Å². The lowest BCUT2D eigenvalue weighted by Crippen LogP contribution is -2.30. The van der Waals surface area contributed by atoms with E-state index in [0.717, 1.165) is 18.6 Å². The van der Waals surface area contributed by atoms with Crippen LogP contribution in [0.5, 0.6) is 0 Å². The van der Waals surface area contributed by atoms with Gasteiger partial charge in [0, 0.05) is 25.2 Å². The predicted molar refractivity (Wildman–Crippen MR) is 74.3 cm³/mol. The molecule has 0 saturated carbocycles. The van der Waals surface area contributed by atoms with Crippen molar-refractivity contribution in [3.8, 4) is 0 Å². The van der Waals surface area contributed by atoms with E-state index in [0.29, 0.717) is 24.2 Å². The molecule has 114 valence electrons. The highest BCUT2D eigenvalue weighted by Gasteiger charge is 2.30. The average Bonchev–Trinajstić information content (AvgIpc) is 2.84. The number of rotatable bonds is 2. The van der Waals surface area contributed by atoms with Crippen LogP contribution in [0, 0.1) is 0 Å². The molecule has 1 fully saturated rings. The third-order valence-corrected chi connectivity index (χ3v) is 3.54. The number of carbonyl (C=O) groups is 1. The van der Waals surface area contributed by atoms with Crippen LogP contribution in [-0.4, -0.2) is 29.9 Å². The van der Waals surface area contributed by atoms with Crippen LogP contribution in [0.1, 0.15) is 24.5 Å². The SMILES string of the molecule is CC(=CC(=O)N1CCC(N)C1)c1ccc(C(F)(F)F)cc1. The first-order valence-electron chi connectivity index (χ1n) is 6.68. The molecule has 1 unspecified atom stereocenters. The fraction of sp³-hybridized carbons (Fsp3) is 0.400. The van der Waals surface area contributed by atoms with Gasteiger partial charge in [-0.25, -0.2) is 0 Å². The Bertz CT molecular complexity index is 549. The third kappa shape index (κ3) is 3.85. The van der Waals surface area contributed by atoms with Gasteiger partial charge in [0.05, 0.1) is 5.56 Å². The number of halogens is 3. The molecule has 1 heterocycles. The number of carbonyl (C=O) groups excluding carboxylic acids is 1. The number of nitrogens with two attached hydrogens (primary N) is 1. The highest BCUT2D eigenvalue weighted by molar-refractivity contribution is 5.95. The van der Waals surface area contributed by atoms with E-state index in [1.54, 1.807) is 11.8 Å². The summed E-state index contributed by atoms with van der Waals surface area (Å²) in [5.41, 5.74) is 6.27. The highest BCUT2D eigenvalue weighted by atomic mass is 19.4. The first kappa shape index (κ1) is 15.6. The zero-order chi connectivity index (χ0) is 15.6. The second kappa shape index (κ2) is 5.89. The summed E-state index contributed by atoms with van der Waals surface area (Å²) < 4.78 is 37.5. The molecule has 0 radical (unpaired) electrons. The average molecular weight is 298 g/mol. The van der Waals surface area contributed by atoms with Gasteiger partial charge in [-0.3, -0.25) is 4.79 Å². The zero-order valence-electron chi connectivity index (χ0n) is 11.7. The van der Waals surface area contributed by atoms with Gasteiger partial charge in [-0.2, -0.15) is 13.2 Å². The molecule has 2 rings (SSSR count). The summed E-state index contributed by atoms with van der Waals surface area (Å²) in [6.45, 7) is 2.85. The minimum Gasteiger partial charge on any atom is -0.338 e. The van der Waals surface area contributed by atoms with Crippen LogP contribution < -0.4 is 5.73 Å². The van der Waals surface area contributed by atoms with Crippen LogP contribution in [0.2, 0.25) is 0 Å². The number of likely N-dealkylation sites (tertiary alicyclic amines) is 1. The molecule has 2 N–H and O–H groups in total. The van der Waals surface area contributed by atoms with Crippen molar-refractivity contribution in [2.75, 3.05) is 13.1 Å². The molecule has 3 nitrogen and oxygen atoms in total. The number of hydrogen-bond donors (Lipinski definition) is 1. The van der Waals surface area contributed by atoms with Crippen LogP contribution in [0.25, 0.3) is 5.57 Å². The third-order valence-electron chi connectivity index (χ3n) is 3.54. The summed E-state index contributed by atoms with van der Waals surface area (Å²) in [4.78, 5) is 13.7. The Hall–Kier alpha value is -1.82. The molecule has 6 heteroatoms. The van der Waals surface area contributed by atoms with E-state index >= 15 is 0 Å². The van der Waals surface area contributed by atoms with Crippen molar-refractivity contribution < 1.29 is 18.0 Å². The topological polar surface area (TPSA) is 46.3 Å². The predicted octanol–water partition coefficient (Wildman–Crippen LogP) is 2.67. The van der Waals surface area contributed by atoms with E-state index in [4.69, 9.17) is 5.73 Å². The van der Waals surface area contributed by atoms with Crippen LogP contribution in [0.3, 0.4) is 0 Å². The molecule has 0 aromatic heterocycles. The second-order valence-electron chi connectivity index (χ2n) is 5.24. The molecule has 1 amide bonds. The molecule has 1 aromatic carbocycles. The molecule has 1 aromatic rings. The molecular weight excluding hydrogens is 281 g/mol. The molecule has 0 bridgehead atoms. The molecular formula is C15H17F3N2O. The van der Waals surface area contributed by atoms with E-state index in [1.165, 1.54) is 18.2 Å². The monoisotopic (exact) mass is 298 g/mol. The lowest BCUT2D eigenvalue weighted by Gasteiger charge is -2.14. The van der Waals surface area contributed by atoms with Crippen molar-refractivity contribution in [3.63, 3.8) is 0 Å². The van der Waals surface area contributed by atoms with Crippen LogP contribution in [-0.2, 0) is 11.0 Å². The summed E-state index contributed by atoms with van der Waals surface area (Å²) in [6, 6.07) is 4.79. The standard InChI is InChI=1S/C15H17F3N2O/c1-10(8-14(21)20-7-6-13(19)9-20)11-2-4-12(5-3-11)15(16,17)18/h2-5,8,13H,6-7,9,19H2,1H3. The lowest BCUT2D eigenvalue weighted by molar-refractivity contribution is -0.137. The number of allylic oxidation sites excluding steroid dienone is 1. The van der Waals surface area contributed by atoms with Gasteiger partial charge in [0.25, 0.3) is 0 Å². The van der Waals surface area contributed by atoms with Crippen LogP contribution in [0.15, 0.2) is 30.3 Å². The number of alkyl halides is 3. The van der Waals surface area contributed by atoms with Gasteiger partial charge in [0.2, 0.25) is 5.91 Å². The van der Waals surface area contributed by atoms with Crippen LogP contribution >= 0.6 is 0 Å². The maximum atomic E-state index is 12.5. The molecule has 0 spiro atoms. The summed E-state index contributed by atoms with van der Waals surface area (Å²) in [5.74, 6) is -0.152. The first-order chi connectivity index (χ1) is 9.77. The number of benzene rings is 1. The molecule has 1 aliphatic heterocycles. The van der Waals surface area contributed by atoms with Crippen molar-refractivity contribution in [2.24, 2.45) is 5.73 Å². The largest absolute Gasteiger partial charge is 0.416 e. The quantitative estimate of drug-likeness (QED) is 0.853. The zero-order valence-corrected chi connectivity index (χ0v) is 11.7. The van der Waals surface area contributed by atoms with E-state index in [2.05, 4.69) is 0 Å². The van der Waals surface area contributed by atoms with Gasteiger partial charge in [-0.15, -0.1) is 0 Å². The normalized spacial score (nSPS) is 20.0. The van der Waals surface area contributed by atoms with Crippen molar-refractivity contribution in [1.82, 2.24) is 4.90 Å². The van der Waals surface area contributed by atoms with E-state index in [-0.39, 0.29) is 11.9 Å². The van der Waals surface area contributed by atoms with Crippen LogP contribution in [0.4, 0.5) is 13.2 Å². The highest BCUT2D eigenvalue weighted by Crippen LogP contribution is 2.30. The summed E-state index contributed by atoms with van der Waals surface area (Å²) in [6.07, 6.45) is -2.13. The van der Waals surface area contributed by atoms with Crippen molar-refractivity contribution >= 4 is 11.5 Å². The molecule has 0 aliphatic carbocycles. The Morgan fingerprint density at radius 3 is 2.43 bits per heavy atom. The van der Waals surface area contributed by atoms with Crippen molar-refractivity contribution in [2.45, 2.75) is 25.6 Å². The number of amides is 1. The summed E-state index contributed by atoms with van der Waals surface area (Å²) in [7, 11) is 0. The van der Waals surface area contributed by atoms with E-state index in [9.17, 15) is 18.0 Å². The second-order valence-corrected chi connectivity index (χ2v) is 5.24. The van der Waals surface area contributed by atoms with Gasteiger partial charge in [-0.05, 0) is 36.6 Å². The Balaban J connectivity index is 2.10. The molecule has 1 saturated heterocycles. The molecule has 21 heavy (non-hydrogen) atoms. The van der Waals surface area contributed by atoms with E-state index in [1.807, 2.05) is 0 Å². The summed E-state index contributed by atoms with van der Waals surface area (Å²) in [5, 5.41) is 0. The molecule has 1 atom stereocenters. The van der Waals surface area contributed by atoms with Crippen molar-refractivity contribution in [3.05, 3.63) is 41.5 Å². The maximum Gasteiger partial charge on any atom is 0.416 e. The van der Waals surface area contributed by atoms with E-state index < -0.39 is 11.7 Å². The van der Waals surface area contributed by atoms with Gasteiger partial charge in [0.15, 0.2) is 0 Å². The minimum absolute atomic E-state index is 0.00808. The number of nitrogens with zero attached hydrogens (tertiary/aromatic N) is 1. The fourth-order valence-electron chi connectivity index (χ4n) is 2.27. The Kier molecular flexibility index (Phi) is 4.37. The maximum absolute atomic E-state index is 12.5.